The van der Waals surface area contributed by atoms with Gasteiger partial charge >= 0.3 is 0 Å². The molecule has 1 aromatic heterocycles. The van der Waals surface area contributed by atoms with Gasteiger partial charge in [-0.2, -0.15) is 0 Å². The Bertz CT molecular complexity index is 683. The molecule has 0 saturated heterocycles. The minimum Gasteiger partial charge on any atom is -0.451 e. The van der Waals surface area contributed by atoms with E-state index in [1.54, 1.807) is 31.3 Å². The Labute approximate surface area is 126 Å². The highest BCUT2D eigenvalue weighted by molar-refractivity contribution is 6.31. The Morgan fingerprint density at radius 1 is 1.33 bits per heavy atom. The van der Waals surface area contributed by atoms with Gasteiger partial charge in [-0.15, -0.1) is 0 Å². The molecule has 3 rings (SSSR count). The molecule has 0 spiro atoms. The van der Waals surface area contributed by atoms with Crippen molar-refractivity contribution < 1.29 is 19.4 Å². The van der Waals surface area contributed by atoms with E-state index < -0.39 is 18.2 Å². The number of furan rings is 1. The maximum atomic E-state index is 12.4. The number of carbonyl (C=O) groups excluding carboxylic acids is 1. The summed E-state index contributed by atoms with van der Waals surface area (Å²) in [5.74, 6) is -0.121. The van der Waals surface area contributed by atoms with Crippen molar-refractivity contribution in [3.63, 3.8) is 0 Å². The fourth-order valence-corrected chi connectivity index (χ4v) is 2.99. The molecule has 2 aromatic rings. The van der Waals surface area contributed by atoms with E-state index in [0.717, 1.165) is 5.39 Å². The van der Waals surface area contributed by atoms with Crippen molar-refractivity contribution in [1.29, 1.82) is 0 Å². The summed E-state index contributed by atoms with van der Waals surface area (Å²) in [5.41, 5.74) is 0.586. The molecule has 1 fully saturated rings. The van der Waals surface area contributed by atoms with Gasteiger partial charge in [-0.1, -0.05) is 11.6 Å². The maximum Gasteiger partial charge on any atom is 0.289 e. The number of benzene rings is 1. The van der Waals surface area contributed by atoms with Gasteiger partial charge in [0.15, 0.2) is 5.76 Å². The number of nitrogens with zero attached hydrogens (tertiary/aromatic N) is 1. The van der Waals surface area contributed by atoms with Gasteiger partial charge in [0, 0.05) is 17.5 Å². The zero-order valence-electron chi connectivity index (χ0n) is 11.5. The normalized spacial score (nSPS) is 25.4. The van der Waals surface area contributed by atoms with Crippen LogP contribution in [0.1, 0.15) is 23.4 Å². The molecule has 1 amide bonds. The summed E-state index contributed by atoms with van der Waals surface area (Å²) in [7, 11) is 1.61. The van der Waals surface area contributed by atoms with Gasteiger partial charge in [-0.3, -0.25) is 4.79 Å². The van der Waals surface area contributed by atoms with E-state index in [2.05, 4.69) is 0 Å². The van der Waals surface area contributed by atoms with E-state index in [1.807, 2.05) is 0 Å². The number of aliphatic hydroxyl groups excluding tert-OH is 2. The van der Waals surface area contributed by atoms with Crippen molar-refractivity contribution in [2.75, 3.05) is 7.05 Å². The van der Waals surface area contributed by atoms with Gasteiger partial charge < -0.3 is 19.5 Å². The number of halogens is 1. The summed E-state index contributed by atoms with van der Waals surface area (Å²) in [6, 6.07) is 6.37. The molecule has 1 heterocycles. The predicted octanol–water partition coefficient (Wildman–Crippen LogP) is 2.04. The Hall–Kier alpha value is -1.56. The number of rotatable bonds is 2. The van der Waals surface area contributed by atoms with Crippen LogP contribution in [0.2, 0.25) is 5.02 Å². The number of fused-ring (bicyclic) bond motifs is 1. The largest absolute Gasteiger partial charge is 0.451 e. The van der Waals surface area contributed by atoms with E-state index in [0.29, 0.717) is 23.4 Å². The second-order valence-corrected chi connectivity index (χ2v) is 5.85. The van der Waals surface area contributed by atoms with Crippen molar-refractivity contribution >= 4 is 28.5 Å². The number of hydrogen-bond acceptors (Lipinski definition) is 4. The van der Waals surface area contributed by atoms with Crippen molar-refractivity contribution in [1.82, 2.24) is 4.90 Å². The fraction of sp³-hybridized carbons (Fsp3) is 0.400. The van der Waals surface area contributed by atoms with Gasteiger partial charge in [0.25, 0.3) is 5.91 Å². The van der Waals surface area contributed by atoms with Crippen LogP contribution in [0.25, 0.3) is 11.0 Å². The minimum atomic E-state index is -0.919. The van der Waals surface area contributed by atoms with Gasteiger partial charge in [-0.25, -0.2) is 0 Å². The first-order valence-corrected chi connectivity index (χ1v) is 7.17. The summed E-state index contributed by atoms with van der Waals surface area (Å²) in [6.07, 6.45) is -0.645. The lowest BCUT2D eigenvalue weighted by atomic mass is 10.1. The summed E-state index contributed by atoms with van der Waals surface area (Å²) in [4.78, 5) is 13.9. The highest BCUT2D eigenvalue weighted by Gasteiger charge is 2.38. The molecule has 0 unspecified atom stereocenters. The van der Waals surface area contributed by atoms with E-state index in [9.17, 15) is 15.0 Å². The second kappa shape index (κ2) is 5.33. The first-order valence-electron chi connectivity index (χ1n) is 6.80. The maximum absolute atomic E-state index is 12.4. The summed E-state index contributed by atoms with van der Waals surface area (Å²) in [5, 5.41) is 20.8. The molecule has 5 nitrogen and oxygen atoms in total. The van der Waals surface area contributed by atoms with E-state index >= 15 is 0 Å². The van der Waals surface area contributed by atoms with Crippen LogP contribution in [0, 0.1) is 0 Å². The van der Waals surface area contributed by atoms with Crippen LogP contribution in [0.15, 0.2) is 28.7 Å². The summed E-state index contributed by atoms with van der Waals surface area (Å²) >= 11 is 5.91. The third-order valence-corrected chi connectivity index (χ3v) is 4.29. The third-order valence-electron chi connectivity index (χ3n) is 4.05. The number of amides is 1. The summed E-state index contributed by atoms with van der Waals surface area (Å²) < 4.78 is 5.53. The van der Waals surface area contributed by atoms with Crippen LogP contribution in [-0.2, 0) is 0 Å². The Kier molecular flexibility index (Phi) is 3.65. The lowest BCUT2D eigenvalue weighted by Crippen LogP contribution is -2.44. The first kappa shape index (κ1) is 14.4. The Morgan fingerprint density at radius 3 is 2.76 bits per heavy atom. The van der Waals surface area contributed by atoms with Gasteiger partial charge in [0.05, 0.1) is 12.1 Å². The zero-order valence-corrected chi connectivity index (χ0v) is 12.2. The van der Waals surface area contributed by atoms with Crippen molar-refractivity contribution in [2.45, 2.75) is 31.1 Å². The average Bonchev–Trinajstić information content (AvgIpc) is 3.01. The predicted molar refractivity (Wildman–Crippen MR) is 78.4 cm³/mol. The third kappa shape index (κ3) is 2.52. The molecule has 3 atom stereocenters. The van der Waals surface area contributed by atoms with E-state index in [1.165, 1.54) is 4.90 Å². The minimum absolute atomic E-state index is 0.198. The Morgan fingerprint density at radius 2 is 2.10 bits per heavy atom. The smallest absolute Gasteiger partial charge is 0.289 e. The SMILES string of the molecule is CN(C(=O)c1cc2cc(Cl)ccc2o1)[C@@H]1CC[C@@H](O)[C@@H]1O. The molecule has 6 heteroatoms. The molecular weight excluding hydrogens is 294 g/mol. The molecule has 0 aliphatic heterocycles. The number of hydrogen-bond donors (Lipinski definition) is 2. The highest BCUT2D eigenvalue weighted by atomic mass is 35.5. The molecule has 1 aliphatic carbocycles. The molecule has 1 saturated carbocycles. The van der Waals surface area contributed by atoms with Crippen LogP contribution < -0.4 is 0 Å². The number of carbonyl (C=O) groups is 1. The Balaban J connectivity index is 1.86. The van der Waals surface area contributed by atoms with Crippen LogP contribution in [0.4, 0.5) is 0 Å². The summed E-state index contributed by atoms with van der Waals surface area (Å²) in [6.45, 7) is 0. The number of likely N-dealkylation sites (N-methyl/N-ethyl adjacent to an activating group) is 1. The van der Waals surface area contributed by atoms with Crippen LogP contribution in [0.3, 0.4) is 0 Å². The highest BCUT2D eigenvalue weighted by Crippen LogP contribution is 2.27. The van der Waals surface area contributed by atoms with Crippen LogP contribution >= 0.6 is 11.6 Å². The van der Waals surface area contributed by atoms with Gasteiger partial charge in [-0.05, 0) is 37.1 Å². The number of aliphatic hydroxyl groups is 2. The van der Waals surface area contributed by atoms with Crippen molar-refractivity contribution in [3.8, 4) is 0 Å². The van der Waals surface area contributed by atoms with Crippen LogP contribution in [-0.4, -0.2) is 46.3 Å². The van der Waals surface area contributed by atoms with Gasteiger partial charge in [0.2, 0.25) is 0 Å². The molecule has 1 aliphatic rings. The lowest BCUT2D eigenvalue weighted by molar-refractivity contribution is 0.00582. The average molecular weight is 310 g/mol. The lowest BCUT2D eigenvalue weighted by Gasteiger charge is -2.26. The van der Waals surface area contributed by atoms with Crippen molar-refractivity contribution in [2.24, 2.45) is 0 Å². The van der Waals surface area contributed by atoms with Gasteiger partial charge in [0.1, 0.15) is 11.7 Å². The standard InChI is InChI=1S/C15H16ClNO4/c1-17(10-3-4-11(18)14(10)19)15(20)13-7-8-6-9(16)2-5-12(8)21-13/h2,5-7,10-11,14,18-19H,3-4H2,1H3/t10-,11-,14-/m1/s1. The fourth-order valence-electron chi connectivity index (χ4n) is 2.81. The van der Waals surface area contributed by atoms with E-state index in [4.69, 9.17) is 16.0 Å². The second-order valence-electron chi connectivity index (χ2n) is 5.41. The van der Waals surface area contributed by atoms with Crippen LogP contribution in [0.5, 0.6) is 0 Å². The van der Waals surface area contributed by atoms with Crippen molar-refractivity contribution in [3.05, 3.63) is 35.0 Å². The molecule has 0 radical (unpaired) electrons. The first-order chi connectivity index (χ1) is 9.97. The zero-order chi connectivity index (χ0) is 15.1. The topological polar surface area (TPSA) is 73.9 Å². The quantitative estimate of drug-likeness (QED) is 0.890. The monoisotopic (exact) mass is 309 g/mol. The molecule has 1 aromatic carbocycles. The molecule has 0 bridgehead atoms. The molecular formula is C15H16ClNO4. The molecule has 112 valence electrons. The molecule has 21 heavy (non-hydrogen) atoms. The molecule has 2 N–H and O–H groups in total. The van der Waals surface area contributed by atoms with E-state index in [-0.39, 0.29) is 11.7 Å².